The third-order valence-corrected chi connectivity index (χ3v) is 2.36. The van der Waals surface area contributed by atoms with Crippen LogP contribution in [0.2, 0.25) is 0 Å². The topological polar surface area (TPSA) is 91.7 Å². The summed E-state index contributed by atoms with van der Waals surface area (Å²) in [4.78, 5) is 16.1. The number of aromatic nitrogens is 5. The fourth-order valence-corrected chi connectivity index (χ4v) is 1.55. The Morgan fingerprint density at radius 1 is 1.39 bits per heavy atom. The standard InChI is InChI=1S/C11H16N6O/c1-3-4-8(2)18-11-15-9(12)14-10(16-11)17-6-5-13-7-17/h5-8H,3-4H2,1-2H3,(H2,12,14,15,16). The average molecular weight is 248 g/mol. The van der Waals surface area contributed by atoms with E-state index in [-0.39, 0.29) is 18.1 Å². The summed E-state index contributed by atoms with van der Waals surface area (Å²) in [5.41, 5.74) is 5.64. The lowest BCUT2D eigenvalue weighted by Gasteiger charge is -2.12. The van der Waals surface area contributed by atoms with Crippen molar-refractivity contribution in [2.24, 2.45) is 0 Å². The van der Waals surface area contributed by atoms with Crippen molar-refractivity contribution in [1.82, 2.24) is 24.5 Å². The summed E-state index contributed by atoms with van der Waals surface area (Å²) in [6, 6.07) is 0.243. The zero-order valence-corrected chi connectivity index (χ0v) is 10.4. The molecule has 0 radical (unpaired) electrons. The van der Waals surface area contributed by atoms with Crippen LogP contribution in [0.1, 0.15) is 26.7 Å². The zero-order valence-electron chi connectivity index (χ0n) is 10.4. The van der Waals surface area contributed by atoms with Crippen molar-refractivity contribution >= 4 is 5.95 Å². The summed E-state index contributed by atoms with van der Waals surface area (Å²) in [5.74, 6) is 0.533. The van der Waals surface area contributed by atoms with Crippen molar-refractivity contribution in [1.29, 1.82) is 0 Å². The van der Waals surface area contributed by atoms with Gasteiger partial charge in [-0.1, -0.05) is 13.3 Å². The van der Waals surface area contributed by atoms with Gasteiger partial charge in [0.2, 0.25) is 11.9 Å². The maximum absolute atomic E-state index is 5.64. The summed E-state index contributed by atoms with van der Waals surface area (Å²) in [5, 5.41) is 0. The van der Waals surface area contributed by atoms with Crippen LogP contribution in [0.15, 0.2) is 18.7 Å². The number of hydrogen-bond donors (Lipinski definition) is 1. The minimum atomic E-state index is 0.0486. The average Bonchev–Trinajstić information content (AvgIpc) is 2.81. The summed E-state index contributed by atoms with van der Waals surface area (Å²) in [7, 11) is 0. The van der Waals surface area contributed by atoms with Gasteiger partial charge >= 0.3 is 6.01 Å². The van der Waals surface area contributed by atoms with Gasteiger partial charge in [-0.15, -0.1) is 0 Å². The van der Waals surface area contributed by atoms with Crippen molar-refractivity contribution in [2.45, 2.75) is 32.8 Å². The van der Waals surface area contributed by atoms with Crippen molar-refractivity contribution in [3.05, 3.63) is 18.7 Å². The van der Waals surface area contributed by atoms with Crippen molar-refractivity contribution < 1.29 is 4.74 Å². The van der Waals surface area contributed by atoms with Crippen molar-refractivity contribution in [3.8, 4) is 12.0 Å². The van der Waals surface area contributed by atoms with Gasteiger partial charge < -0.3 is 10.5 Å². The fourth-order valence-electron chi connectivity index (χ4n) is 1.55. The molecule has 0 saturated carbocycles. The van der Waals surface area contributed by atoms with E-state index >= 15 is 0 Å². The number of ether oxygens (including phenoxy) is 1. The van der Waals surface area contributed by atoms with Gasteiger partial charge in [0.15, 0.2) is 0 Å². The van der Waals surface area contributed by atoms with E-state index in [1.54, 1.807) is 23.3 Å². The molecular weight excluding hydrogens is 232 g/mol. The van der Waals surface area contributed by atoms with E-state index in [2.05, 4.69) is 26.9 Å². The highest BCUT2D eigenvalue weighted by molar-refractivity contribution is 5.25. The van der Waals surface area contributed by atoms with Crippen LogP contribution in [0.3, 0.4) is 0 Å². The third kappa shape index (κ3) is 2.93. The van der Waals surface area contributed by atoms with Gasteiger partial charge in [-0.25, -0.2) is 4.98 Å². The smallest absolute Gasteiger partial charge is 0.323 e. The van der Waals surface area contributed by atoms with Gasteiger partial charge in [0, 0.05) is 12.4 Å². The molecule has 0 bridgehead atoms. The Bertz CT molecular complexity index is 498. The molecule has 7 heteroatoms. The number of rotatable bonds is 5. The van der Waals surface area contributed by atoms with Gasteiger partial charge in [0.1, 0.15) is 6.33 Å². The maximum atomic E-state index is 5.64. The monoisotopic (exact) mass is 248 g/mol. The number of imidazole rings is 1. The quantitative estimate of drug-likeness (QED) is 0.855. The highest BCUT2D eigenvalue weighted by Crippen LogP contribution is 2.12. The normalized spacial score (nSPS) is 12.3. The molecular formula is C11H16N6O. The third-order valence-electron chi connectivity index (χ3n) is 2.36. The van der Waals surface area contributed by atoms with Gasteiger partial charge in [-0.3, -0.25) is 4.57 Å². The molecule has 0 fully saturated rings. The lowest BCUT2D eigenvalue weighted by atomic mass is 10.2. The predicted octanol–water partition coefficient (Wildman–Crippen LogP) is 1.21. The minimum Gasteiger partial charge on any atom is -0.460 e. The van der Waals surface area contributed by atoms with Crippen LogP contribution < -0.4 is 10.5 Å². The molecule has 96 valence electrons. The molecule has 1 unspecified atom stereocenters. The fraction of sp³-hybridized carbons (Fsp3) is 0.455. The van der Waals surface area contributed by atoms with Crippen molar-refractivity contribution in [2.75, 3.05) is 5.73 Å². The van der Waals surface area contributed by atoms with Crippen LogP contribution in [0, 0.1) is 0 Å². The predicted molar refractivity (Wildman–Crippen MR) is 66.4 cm³/mol. The molecule has 0 amide bonds. The summed E-state index contributed by atoms with van der Waals surface area (Å²) in [6.45, 7) is 4.07. The molecule has 0 saturated heterocycles. The Hall–Kier alpha value is -2.18. The van der Waals surface area contributed by atoms with Gasteiger partial charge in [0.05, 0.1) is 6.10 Å². The van der Waals surface area contributed by atoms with Crippen LogP contribution in [-0.4, -0.2) is 30.6 Å². The van der Waals surface area contributed by atoms with E-state index in [0.29, 0.717) is 5.95 Å². The molecule has 7 nitrogen and oxygen atoms in total. The number of nitrogens with zero attached hydrogens (tertiary/aromatic N) is 5. The van der Waals surface area contributed by atoms with Crippen LogP contribution >= 0.6 is 0 Å². The molecule has 1 atom stereocenters. The first kappa shape index (κ1) is 12.3. The second-order valence-corrected chi connectivity index (χ2v) is 3.96. The molecule has 0 spiro atoms. The second-order valence-electron chi connectivity index (χ2n) is 3.96. The number of hydrogen-bond acceptors (Lipinski definition) is 6. The number of nitrogens with two attached hydrogens (primary N) is 1. The lowest BCUT2D eigenvalue weighted by Crippen LogP contribution is -2.15. The summed E-state index contributed by atoms with van der Waals surface area (Å²) in [6.07, 6.45) is 6.98. The Balaban J connectivity index is 2.22. The Kier molecular flexibility index (Phi) is 3.71. The highest BCUT2D eigenvalue weighted by Gasteiger charge is 2.10. The second kappa shape index (κ2) is 5.44. The molecule has 18 heavy (non-hydrogen) atoms. The van der Waals surface area contributed by atoms with Gasteiger partial charge in [0.25, 0.3) is 0 Å². The zero-order chi connectivity index (χ0) is 13.0. The number of nitrogen functional groups attached to an aromatic ring is 1. The molecule has 2 aromatic heterocycles. The van der Waals surface area contributed by atoms with Crippen LogP contribution in [0.25, 0.3) is 5.95 Å². The van der Waals surface area contributed by atoms with Gasteiger partial charge in [-0.05, 0) is 13.3 Å². The number of anilines is 1. The molecule has 2 aromatic rings. The van der Waals surface area contributed by atoms with E-state index < -0.39 is 0 Å². The van der Waals surface area contributed by atoms with E-state index in [1.165, 1.54) is 0 Å². The first-order chi connectivity index (χ1) is 8.69. The molecule has 0 aliphatic heterocycles. The summed E-state index contributed by atoms with van der Waals surface area (Å²) < 4.78 is 7.25. The van der Waals surface area contributed by atoms with Crippen molar-refractivity contribution in [3.63, 3.8) is 0 Å². The first-order valence-corrected chi connectivity index (χ1v) is 5.85. The molecule has 2 rings (SSSR count). The molecule has 0 aliphatic carbocycles. The van der Waals surface area contributed by atoms with Crippen LogP contribution in [0.5, 0.6) is 6.01 Å². The maximum Gasteiger partial charge on any atom is 0.323 e. The van der Waals surface area contributed by atoms with E-state index in [1.807, 2.05) is 6.92 Å². The molecule has 2 N–H and O–H groups in total. The SMILES string of the molecule is CCCC(C)Oc1nc(N)nc(-n2ccnc2)n1. The lowest BCUT2D eigenvalue weighted by molar-refractivity contribution is 0.192. The van der Waals surface area contributed by atoms with Crippen LogP contribution in [-0.2, 0) is 0 Å². The largest absolute Gasteiger partial charge is 0.460 e. The van der Waals surface area contributed by atoms with E-state index in [9.17, 15) is 0 Å². The van der Waals surface area contributed by atoms with E-state index in [0.717, 1.165) is 12.8 Å². The first-order valence-electron chi connectivity index (χ1n) is 5.85. The molecule has 2 heterocycles. The Morgan fingerprint density at radius 2 is 2.22 bits per heavy atom. The minimum absolute atomic E-state index is 0.0486. The van der Waals surface area contributed by atoms with E-state index in [4.69, 9.17) is 10.5 Å². The highest BCUT2D eigenvalue weighted by atomic mass is 16.5. The molecule has 0 aliphatic rings. The van der Waals surface area contributed by atoms with Crippen LogP contribution in [0.4, 0.5) is 5.95 Å². The van der Waals surface area contributed by atoms with Gasteiger partial charge in [-0.2, -0.15) is 15.0 Å². The summed E-state index contributed by atoms with van der Waals surface area (Å²) >= 11 is 0. The molecule has 0 aromatic carbocycles. The Labute approximate surface area is 105 Å². The Morgan fingerprint density at radius 3 is 2.89 bits per heavy atom.